The molecule has 0 saturated carbocycles. The maximum absolute atomic E-state index is 6.16. The number of hydrogen-bond donors (Lipinski definition) is 0. The van der Waals surface area contributed by atoms with Gasteiger partial charge in [0.05, 0.1) is 0 Å². The summed E-state index contributed by atoms with van der Waals surface area (Å²) in [5, 5.41) is 0.733. The summed E-state index contributed by atoms with van der Waals surface area (Å²) in [7, 11) is 0. The standard InChI is InChI=1S/C21H20ClN3O2/c1-15-12-25(14-17-11-18(22)5-8-20(17)26-15)13-16-3-6-19(7-4-16)27-21-23-9-2-10-24-21/h2-11,15H,12-14H2,1H3/t15-/m0/s1. The summed E-state index contributed by atoms with van der Waals surface area (Å²) in [5.74, 6) is 1.63. The van der Waals surface area contributed by atoms with Crippen molar-refractivity contribution in [2.45, 2.75) is 26.1 Å². The smallest absolute Gasteiger partial charge is 0.321 e. The lowest BCUT2D eigenvalue weighted by molar-refractivity contribution is 0.156. The molecule has 0 bridgehead atoms. The van der Waals surface area contributed by atoms with Crippen molar-refractivity contribution in [1.82, 2.24) is 14.9 Å². The predicted octanol–water partition coefficient (Wildman–Crippen LogP) is 4.71. The lowest BCUT2D eigenvalue weighted by Gasteiger charge is -2.22. The third-order valence-electron chi connectivity index (χ3n) is 4.34. The largest absolute Gasteiger partial charge is 0.489 e. The first-order chi connectivity index (χ1) is 13.2. The summed E-state index contributed by atoms with van der Waals surface area (Å²) in [6, 6.07) is 15.9. The maximum Gasteiger partial charge on any atom is 0.321 e. The summed E-state index contributed by atoms with van der Waals surface area (Å²) in [4.78, 5) is 10.5. The Kier molecular flexibility index (Phi) is 5.23. The van der Waals surface area contributed by atoms with E-state index < -0.39 is 0 Å². The van der Waals surface area contributed by atoms with Crippen LogP contribution in [0.3, 0.4) is 0 Å². The van der Waals surface area contributed by atoms with E-state index in [0.717, 1.165) is 41.7 Å². The van der Waals surface area contributed by atoms with Crippen molar-refractivity contribution in [3.05, 3.63) is 77.1 Å². The van der Waals surface area contributed by atoms with E-state index in [4.69, 9.17) is 21.1 Å². The van der Waals surface area contributed by atoms with Crippen molar-refractivity contribution in [2.24, 2.45) is 0 Å². The van der Waals surface area contributed by atoms with Gasteiger partial charge in [0, 0.05) is 42.6 Å². The Morgan fingerprint density at radius 1 is 1.15 bits per heavy atom. The van der Waals surface area contributed by atoms with Crippen molar-refractivity contribution in [3.8, 4) is 17.5 Å². The van der Waals surface area contributed by atoms with E-state index >= 15 is 0 Å². The van der Waals surface area contributed by atoms with Gasteiger partial charge in [-0.3, -0.25) is 4.90 Å². The molecule has 0 saturated heterocycles. The molecule has 0 unspecified atom stereocenters. The summed E-state index contributed by atoms with van der Waals surface area (Å²) < 4.78 is 11.7. The highest BCUT2D eigenvalue weighted by Crippen LogP contribution is 2.29. The molecule has 0 amide bonds. The maximum atomic E-state index is 6.16. The van der Waals surface area contributed by atoms with Crippen LogP contribution in [0.2, 0.25) is 5.02 Å². The molecule has 1 aliphatic heterocycles. The minimum atomic E-state index is 0.116. The Hall–Kier alpha value is -2.63. The topological polar surface area (TPSA) is 47.5 Å². The van der Waals surface area contributed by atoms with Gasteiger partial charge in [-0.15, -0.1) is 0 Å². The predicted molar refractivity (Wildman–Crippen MR) is 104 cm³/mol. The van der Waals surface area contributed by atoms with Gasteiger partial charge in [-0.05, 0) is 48.9 Å². The first kappa shape index (κ1) is 17.8. The van der Waals surface area contributed by atoms with Crippen molar-refractivity contribution < 1.29 is 9.47 Å². The molecule has 0 spiro atoms. The highest BCUT2D eigenvalue weighted by Gasteiger charge is 2.20. The summed E-state index contributed by atoms with van der Waals surface area (Å²) in [6.07, 6.45) is 3.43. The van der Waals surface area contributed by atoms with Crippen molar-refractivity contribution in [3.63, 3.8) is 0 Å². The fraction of sp³-hybridized carbons (Fsp3) is 0.238. The van der Waals surface area contributed by atoms with E-state index in [2.05, 4.69) is 33.9 Å². The molecule has 6 heteroatoms. The molecule has 138 valence electrons. The molecule has 5 nitrogen and oxygen atoms in total. The fourth-order valence-corrected chi connectivity index (χ4v) is 3.39. The second kappa shape index (κ2) is 7.94. The van der Waals surface area contributed by atoms with Crippen LogP contribution in [0.25, 0.3) is 0 Å². The zero-order chi connectivity index (χ0) is 18.6. The normalized spacial score (nSPS) is 16.9. The van der Waals surface area contributed by atoms with Gasteiger partial charge in [0.1, 0.15) is 17.6 Å². The Morgan fingerprint density at radius 3 is 2.70 bits per heavy atom. The van der Waals surface area contributed by atoms with E-state index in [9.17, 15) is 0 Å². The molecule has 1 aliphatic rings. The zero-order valence-electron chi connectivity index (χ0n) is 15.0. The van der Waals surface area contributed by atoms with Crippen LogP contribution in [-0.4, -0.2) is 27.5 Å². The highest BCUT2D eigenvalue weighted by molar-refractivity contribution is 6.30. The van der Waals surface area contributed by atoms with Crippen molar-refractivity contribution in [1.29, 1.82) is 0 Å². The van der Waals surface area contributed by atoms with Crippen LogP contribution in [0.1, 0.15) is 18.1 Å². The number of rotatable bonds is 4. The van der Waals surface area contributed by atoms with Crippen LogP contribution in [0.4, 0.5) is 0 Å². The van der Waals surface area contributed by atoms with E-state index in [-0.39, 0.29) is 6.10 Å². The first-order valence-electron chi connectivity index (χ1n) is 8.87. The molecule has 1 atom stereocenters. The minimum absolute atomic E-state index is 0.116. The Morgan fingerprint density at radius 2 is 1.93 bits per heavy atom. The Balaban J connectivity index is 1.45. The van der Waals surface area contributed by atoms with Crippen molar-refractivity contribution >= 4 is 11.6 Å². The average molecular weight is 382 g/mol. The molecule has 0 aliphatic carbocycles. The van der Waals surface area contributed by atoms with E-state index in [1.165, 1.54) is 5.56 Å². The summed E-state index contributed by atoms with van der Waals surface area (Å²) in [6.45, 7) is 4.56. The third-order valence-corrected chi connectivity index (χ3v) is 4.58. The molecular formula is C21H20ClN3O2. The summed E-state index contributed by atoms with van der Waals surface area (Å²) in [5.41, 5.74) is 2.32. The number of nitrogens with zero attached hydrogens (tertiary/aromatic N) is 3. The van der Waals surface area contributed by atoms with Gasteiger partial charge in [-0.25, -0.2) is 9.97 Å². The van der Waals surface area contributed by atoms with Gasteiger partial charge in [-0.1, -0.05) is 23.7 Å². The Labute approximate surface area is 163 Å². The molecule has 27 heavy (non-hydrogen) atoms. The third kappa shape index (κ3) is 4.56. The second-order valence-electron chi connectivity index (χ2n) is 6.63. The SMILES string of the molecule is C[C@H]1CN(Cc2ccc(Oc3ncccn3)cc2)Cc2cc(Cl)ccc2O1. The van der Waals surface area contributed by atoms with E-state index in [1.807, 2.05) is 30.3 Å². The number of hydrogen-bond acceptors (Lipinski definition) is 5. The van der Waals surface area contributed by atoms with Crippen molar-refractivity contribution in [2.75, 3.05) is 6.54 Å². The van der Waals surface area contributed by atoms with Crippen LogP contribution >= 0.6 is 11.6 Å². The molecule has 4 rings (SSSR count). The van der Waals surface area contributed by atoms with Gasteiger partial charge in [0.2, 0.25) is 0 Å². The zero-order valence-corrected chi connectivity index (χ0v) is 15.8. The average Bonchev–Trinajstić information content (AvgIpc) is 2.81. The number of fused-ring (bicyclic) bond motifs is 1. The lowest BCUT2D eigenvalue weighted by Crippen LogP contribution is -2.30. The Bertz CT molecular complexity index is 903. The minimum Gasteiger partial charge on any atom is -0.489 e. The van der Waals surface area contributed by atoms with Crippen LogP contribution in [0.5, 0.6) is 17.5 Å². The summed E-state index contributed by atoms with van der Waals surface area (Å²) >= 11 is 6.16. The van der Waals surface area contributed by atoms with E-state index in [0.29, 0.717) is 6.01 Å². The fourth-order valence-electron chi connectivity index (χ4n) is 3.19. The molecule has 0 fully saturated rings. The van der Waals surface area contributed by atoms with Gasteiger partial charge >= 0.3 is 6.01 Å². The van der Waals surface area contributed by atoms with Crippen LogP contribution in [0, 0.1) is 0 Å². The van der Waals surface area contributed by atoms with Gasteiger partial charge in [0.25, 0.3) is 0 Å². The quantitative estimate of drug-likeness (QED) is 0.655. The van der Waals surface area contributed by atoms with E-state index in [1.54, 1.807) is 18.5 Å². The van der Waals surface area contributed by atoms with Gasteiger partial charge < -0.3 is 9.47 Å². The molecule has 0 N–H and O–H groups in total. The molecule has 2 aromatic carbocycles. The molecule has 2 heterocycles. The molecular weight excluding hydrogens is 362 g/mol. The number of benzene rings is 2. The van der Waals surface area contributed by atoms with Crippen LogP contribution < -0.4 is 9.47 Å². The molecule has 3 aromatic rings. The lowest BCUT2D eigenvalue weighted by atomic mass is 10.1. The van der Waals surface area contributed by atoms with Crippen LogP contribution in [0.15, 0.2) is 60.9 Å². The number of halogens is 1. The van der Waals surface area contributed by atoms with Gasteiger partial charge in [-0.2, -0.15) is 0 Å². The van der Waals surface area contributed by atoms with Crippen LogP contribution in [-0.2, 0) is 13.1 Å². The number of ether oxygens (including phenoxy) is 2. The second-order valence-corrected chi connectivity index (χ2v) is 7.06. The molecule has 1 aromatic heterocycles. The monoisotopic (exact) mass is 381 g/mol. The van der Waals surface area contributed by atoms with Gasteiger partial charge in [0.15, 0.2) is 0 Å². The highest BCUT2D eigenvalue weighted by atomic mass is 35.5. The number of aromatic nitrogens is 2. The first-order valence-corrected chi connectivity index (χ1v) is 9.25. The molecule has 0 radical (unpaired) electrons.